The summed E-state index contributed by atoms with van der Waals surface area (Å²) < 4.78 is 24.1. The zero-order valence-corrected chi connectivity index (χ0v) is 14.3. The van der Waals surface area contributed by atoms with Crippen LogP contribution in [0.1, 0.15) is 0 Å². The third kappa shape index (κ3) is 176. The van der Waals surface area contributed by atoms with Crippen LogP contribution in [0.3, 0.4) is 0 Å². The first-order chi connectivity index (χ1) is 3.46. The van der Waals surface area contributed by atoms with E-state index in [9.17, 15) is 0 Å². The Morgan fingerprint density at radius 1 is 1.27 bits per heavy atom. The van der Waals surface area contributed by atoms with Crippen molar-refractivity contribution >= 4 is 17.5 Å². The maximum Gasteiger partial charge on any atom is 1.00 e. The fourth-order valence-corrected chi connectivity index (χ4v) is 0. The first-order valence-corrected chi connectivity index (χ1v) is 2.16. The minimum Gasteiger partial charge on any atom is -0.750 e. The molecular weight excluding hydrogens is 225 g/mol. The second-order valence-electron chi connectivity index (χ2n) is 0.467. The van der Waals surface area contributed by atoms with Gasteiger partial charge in [-0.3, -0.25) is 0 Å². The molecule has 0 aliphatic heterocycles. The summed E-state index contributed by atoms with van der Waals surface area (Å²) in [6.45, 7) is 0. The Hall–Kier alpha value is 2.98. The molecule has 0 aromatic heterocycles. The van der Waals surface area contributed by atoms with Gasteiger partial charge >= 0.3 is 110 Å². The molecule has 0 saturated heterocycles. The largest absolute Gasteiger partial charge is 1.00 e. The molecule has 0 spiro atoms. The van der Waals surface area contributed by atoms with Crippen LogP contribution < -0.4 is 121 Å². The van der Waals surface area contributed by atoms with Crippen molar-refractivity contribution in [2.75, 3.05) is 0 Å². The topological polar surface area (TPSA) is 124 Å². The Morgan fingerprint density at radius 2 is 1.27 bits per heavy atom. The summed E-state index contributed by atoms with van der Waals surface area (Å²) in [5, 5.41) is 16.7. The van der Waals surface area contributed by atoms with E-state index >= 15 is 0 Å². The third-order valence-electron chi connectivity index (χ3n) is 0. The van der Waals surface area contributed by atoms with E-state index in [4.69, 9.17) is 28.3 Å². The molecule has 0 aliphatic rings. The van der Waals surface area contributed by atoms with Crippen LogP contribution in [0.25, 0.3) is 0 Å². The van der Waals surface area contributed by atoms with Crippen molar-refractivity contribution in [1.82, 2.24) is 0 Å². The van der Waals surface area contributed by atoms with Crippen LogP contribution in [0.5, 0.6) is 0 Å². The van der Waals surface area contributed by atoms with Gasteiger partial charge in [0.25, 0.3) is 0 Å². The summed E-state index contributed by atoms with van der Waals surface area (Å²) in [6, 6.07) is 0. The number of rotatable bonds is 0. The van der Waals surface area contributed by atoms with E-state index < -0.39 is 17.5 Å². The predicted molar refractivity (Wildman–Crippen MR) is 16.9 cm³/mol. The molecule has 0 aliphatic carbocycles. The van der Waals surface area contributed by atoms with E-state index in [-0.39, 0.29) is 110 Å². The van der Waals surface area contributed by atoms with E-state index in [0.29, 0.717) is 0 Å². The van der Waals surface area contributed by atoms with Crippen LogP contribution in [0.2, 0.25) is 0 Å². The predicted octanol–water partition coefficient (Wildman–Crippen LogP) is -12.1. The third-order valence-corrected chi connectivity index (χ3v) is 0. The molecule has 0 saturated carbocycles. The minimum atomic E-state index is -2.86. The van der Waals surface area contributed by atoms with Crippen molar-refractivity contribution in [3.63, 3.8) is 0 Å². The second kappa shape index (κ2) is 23.1. The summed E-state index contributed by atoms with van der Waals surface area (Å²) in [4.78, 5) is 8.33. The molecule has 1 N–H and O–H groups in total. The van der Waals surface area contributed by atoms with Gasteiger partial charge in [0, 0.05) is 0 Å². The van der Waals surface area contributed by atoms with Crippen molar-refractivity contribution in [2.24, 2.45) is 0 Å². The van der Waals surface area contributed by atoms with E-state index in [2.05, 4.69) is 0 Å². The van der Waals surface area contributed by atoms with Crippen LogP contribution in [-0.2, 0) is 11.4 Å². The zero-order valence-electron chi connectivity index (χ0n) is 6.40. The van der Waals surface area contributed by atoms with Gasteiger partial charge < -0.3 is 24.1 Å². The maximum atomic E-state index is 8.56. The van der Waals surface area contributed by atoms with Gasteiger partial charge in [-0.25, -0.2) is 4.21 Å². The Morgan fingerprint density at radius 3 is 1.27 bits per heavy atom. The SMILES string of the molecule is O=C([O-])[O-].O=S([O-])O.[K+].[Na+].[Na+]. The van der Waals surface area contributed by atoms with Crippen LogP contribution in [0.4, 0.5) is 4.79 Å². The normalized spacial score (nSPS) is 7.82. The van der Waals surface area contributed by atoms with E-state index in [0.717, 1.165) is 0 Å². The molecule has 6 nitrogen and oxygen atoms in total. The van der Waals surface area contributed by atoms with Crippen molar-refractivity contribution in [3.8, 4) is 0 Å². The smallest absolute Gasteiger partial charge is 0.750 e. The maximum absolute atomic E-state index is 8.56. The van der Waals surface area contributed by atoms with Gasteiger partial charge in [-0.05, 0) is 6.16 Å². The fourth-order valence-electron chi connectivity index (χ4n) is 0. The molecule has 0 fully saturated rings. The van der Waals surface area contributed by atoms with Gasteiger partial charge in [-0.2, -0.15) is 0 Å². The molecule has 0 heterocycles. The molecule has 1 unspecified atom stereocenters. The number of hydrogen-bond donors (Lipinski definition) is 1. The minimum absolute atomic E-state index is 0. The summed E-state index contributed by atoms with van der Waals surface area (Å²) in [7, 11) is 0. The Bertz CT molecular complexity index is 78.6. The van der Waals surface area contributed by atoms with Crippen molar-refractivity contribution in [3.05, 3.63) is 0 Å². The zero-order chi connectivity index (χ0) is 7.15. The molecule has 0 rings (SSSR count). The second-order valence-corrected chi connectivity index (χ2v) is 0.901. The molecule has 0 aromatic carbocycles. The van der Waals surface area contributed by atoms with E-state index in [1.165, 1.54) is 0 Å². The standard InChI is InChI=1S/CH2O3.K.2Na.H2O3S/c2-1(3)4;;;;1-4(2)3/h(H2,2,3,4);;;;(H2,1,2,3)/q;3*+1;/p-3. The van der Waals surface area contributed by atoms with E-state index in [1.807, 2.05) is 0 Å². The molecule has 10 heteroatoms. The molecule has 50 valence electrons. The first-order valence-electron chi connectivity index (χ1n) is 1.13. The number of carbonyl (C=O) groups excluding carboxylic acids is 1. The van der Waals surface area contributed by atoms with Gasteiger partial charge in [0.1, 0.15) is 0 Å². The Kier molecular flexibility index (Phi) is 61.3. The fraction of sp³-hybridized carbons (Fsp3) is 0. The summed E-state index contributed by atoms with van der Waals surface area (Å²) in [5.74, 6) is 0. The van der Waals surface area contributed by atoms with Crippen molar-refractivity contribution < 1.29 is 139 Å². The number of carbonyl (C=O) groups is 1. The molecular formula is CHKNa2O6S. The molecule has 1 atom stereocenters. The van der Waals surface area contributed by atoms with Crippen molar-refractivity contribution in [1.29, 1.82) is 0 Å². The van der Waals surface area contributed by atoms with Crippen LogP contribution in [-0.4, -0.2) is 19.5 Å². The first kappa shape index (κ1) is 29.2. The van der Waals surface area contributed by atoms with Gasteiger partial charge in [0.15, 0.2) is 0 Å². The van der Waals surface area contributed by atoms with Gasteiger partial charge in [0.2, 0.25) is 0 Å². The quantitative estimate of drug-likeness (QED) is 0.323. The molecule has 11 heavy (non-hydrogen) atoms. The Labute approximate surface area is 153 Å². The van der Waals surface area contributed by atoms with Gasteiger partial charge in [0.05, 0.1) is 11.4 Å². The monoisotopic (exact) mass is 226 g/mol. The number of carboxylic acid groups (broad SMARTS) is 2. The van der Waals surface area contributed by atoms with Crippen LogP contribution in [0, 0.1) is 0 Å². The summed E-state index contributed by atoms with van der Waals surface area (Å²) in [5.41, 5.74) is 0. The average molecular weight is 226 g/mol. The summed E-state index contributed by atoms with van der Waals surface area (Å²) in [6.07, 6.45) is -2.33. The molecule has 0 aromatic rings. The van der Waals surface area contributed by atoms with Crippen LogP contribution >= 0.6 is 0 Å². The Balaban J connectivity index is -0.0000000171. The number of hydrogen-bond acceptors (Lipinski definition) is 5. The van der Waals surface area contributed by atoms with Gasteiger partial charge in [-0.1, -0.05) is 0 Å². The van der Waals surface area contributed by atoms with Crippen molar-refractivity contribution in [2.45, 2.75) is 0 Å². The van der Waals surface area contributed by atoms with E-state index in [1.54, 1.807) is 0 Å². The van der Waals surface area contributed by atoms with Gasteiger partial charge in [-0.15, -0.1) is 0 Å². The summed E-state index contributed by atoms with van der Waals surface area (Å²) >= 11 is -2.86. The molecule has 0 radical (unpaired) electrons. The molecule has 0 bridgehead atoms. The average Bonchev–Trinajstić information content (AvgIpc) is 1.25. The molecule has 0 amide bonds. The van der Waals surface area contributed by atoms with Crippen LogP contribution in [0.15, 0.2) is 0 Å².